The van der Waals surface area contributed by atoms with Crippen molar-refractivity contribution in [2.75, 3.05) is 7.11 Å². The molecule has 0 spiro atoms. The molecule has 3 heteroatoms. The first kappa shape index (κ1) is 12.5. The molecule has 1 saturated carbocycles. The molecule has 94 valence electrons. The second-order valence-corrected chi connectivity index (χ2v) is 4.83. The van der Waals surface area contributed by atoms with Crippen LogP contribution in [0.4, 0.5) is 4.39 Å². The summed E-state index contributed by atoms with van der Waals surface area (Å²) in [6, 6.07) is 5.83. The minimum absolute atomic E-state index is 0.130. The predicted molar refractivity (Wildman–Crippen MR) is 66.4 cm³/mol. The van der Waals surface area contributed by atoms with Crippen LogP contribution in [0.25, 0.3) is 0 Å². The summed E-state index contributed by atoms with van der Waals surface area (Å²) in [5.74, 6) is -0.130. The quantitative estimate of drug-likeness (QED) is 0.869. The van der Waals surface area contributed by atoms with Crippen LogP contribution in [0.1, 0.15) is 30.4 Å². The van der Waals surface area contributed by atoms with Crippen molar-refractivity contribution in [1.82, 2.24) is 5.32 Å². The molecule has 0 saturated heterocycles. The number of aryl methyl sites for hydroxylation is 1. The molecule has 2 unspecified atom stereocenters. The van der Waals surface area contributed by atoms with Crippen LogP contribution >= 0.6 is 0 Å². The number of hydrogen-bond acceptors (Lipinski definition) is 2. The fourth-order valence-electron chi connectivity index (χ4n) is 2.42. The summed E-state index contributed by atoms with van der Waals surface area (Å²) in [6.07, 6.45) is 3.79. The zero-order valence-corrected chi connectivity index (χ0v) is 10.5. The third-order valence-corrected chi connectivity index (χ3v) is 3.54. The van der Waals surface area contributed by atoms with Gasteiger partial charge in [-0.1, -0.05) is 12.1 Å². The average Bonchev–Trinajstić information content (AvgIpc) is 2.79. The lowest BCUT2D eigenvalue weighted by atomic mass is 10.1. The molecule has 1 aromatic carbocycles. The van der Waals surface area contributed by atoms with E-state index in [2.05, 4.69) is 5.32 Å². The van der Waals surface area contributed by atoms with Crippen molar-refractivity contribution in [2.45, 2.75) is 44.9 Å². The maximum absolute atomic E-state index is 13.1. The van der Waals surface area contributed by atoms with E-state index in [0.717, 1.165) is 24.9 Å². The Bertz CT molecular complexity index is 380. The normalized spacial score (nSPS) is 24.2. The van der Waals surface area contributed by atoms with Gasteiger partial charge in [-0.3, -0.25) is 0 Å². The molecule has 0 amide bonds. The number of rotatable bonds is 4. The molecule has 1 fully saturated rings. The molecule has 1 aliphatic rings. The van der Waals surface area contributed by atoms with Crippen LogP contribution in [0.2, 0.25) is 0 Å². The van der Waals surface area contributed by atoms with Gasteiger partial charge in [0, 0.05) is 19.7 Å². The minimum atomic E-state index is -0.130. The highest BCUT2D eigenvalue weighted by Crippen LogP contribution is 2.21. The highest BCUT2D eigenvalue weighted by Gasteiger charge is 2.23. The SMILES string of the molecule is COC1CCC(NCc2ccc(F)c(C)c2)C1. The van der Waals surface area contributed by atoms with Crippen molar-refractivity contribution in [3.63, 3.8) is 0 Å². The van der Waals surface area contributed by atoms with E-state index < -0.39 is 0 Å². The first-order chi connectivity index (χ1) is 8.19. The highest BCUT2D eigenvalue weighted by atomic mass is 19.1. The lowest BCUT2D eigenvalue weighted by Gasteiger charge is -2.13. The van der Waals surface area contributed by atoms with Gasteiger partial charge >= 0.3 is 0 Å². The van der Waals surface area contributed by atoms with Crippen molar-refractivity contribution in [3.8, 4) is 0 Å². The molecule has 1 N–H and O–H groups in total. The number of ether oxygens (including phenoxy) is 1. The number of methoxy groups -OCH3 is 1. The lowest BCUT2D eigenvalue weighted by molar-refractivity contribution is 0.107. The molecule has 17 heavy (non-hydrogen) atoms. The molecule has 0 bridgehead atoms. The van der Waals surface area contributed by atoms with E-state index in [1.165, 1.54) is 6.42 Å². The van der Waals surface area contributed by atoms with Crippen molar-refractivity contribution >= 4 is 0 Å². The van der Waals surface area contributed by atoms with Crippen LogP contribution in [0.15, 0.2) is 18.2 Å². The second-order valence-electron chi connectivity index (χ2n) is 4.83. The van der Waals surface area contributed by atoms with Crippen LogP contribution < -0.4 is 5.32 Å². The van der Waals surface area contributed by atoms with E-state index in [-0.39, 0.29) is 5.82 Å². The number of benzene rings is 1. The third-order valence-electron chi connectivity index (χ3n) is 3.54. The number of halogens is 1. The van der Waals surface area contributed by atoms with E-state index in [0.29, 0.717) is 17.7 Å². The van der Waals surface area contributed by atoms with Crippen molar-refractivity contribution in [2.24, 2.45) is 0 Å². The van der Waals surface area contributed by atoms with Crippen LogP contribution in [0.5, 0.6) is 0 Å². The Kier molecular flexibility index (Phi) is 4.13. The largest absolute Gasteiger partial charge is 0.381 e. The van der Waals surface area contributed by atoms with E-state index in [1.54, 1.807) is 20.1 Å². The number of hydrogen-bond donors (Lipinski definition) is 1. The molecular formula is C14H20FNO. The molecule has 1 aliphatic carbocycles. The summed E-state index contributed by atoms with van der Waals surface area (Å²) in [7, 11) is 1.77. The Morgan fingerprint density at radius 2 is 2.24 bits per heavy atom. The summed E-state index contributed by atoms with van der Waals surface area (Å²) in [6.45, 7) is 2.61. The topological polar surface area (TPSA) is 21.3 Å². The summed E-state index contributed by atoms with van der Waals surface area (Å²) in [4.78, 5) is 0. The maximum atomic E-state index is 13.1. The molecule has 0 aliphatic heterocycles. The third kappa shape index (κ3) is 3.27. The summed E-state index contributed by atoms with van der Waals surface area (Å²) >= 11 is 0. The molecular weight excluding hydrogens is 217 g/mol. The van der Waals surface area contributed by atoms with Gasteiger partial charge in [-0.25, -0.2) is 4.39 Å². The Balaban J connectivity index is 1.84. The minimum Gasteiger partial charge on any atom is -0.381 e. The van der Waals surface area contributed by atoms with Gasteiger partial charge in [0.1, 0.15) is 5.82 Å². The zero-order chi connectivity index (χ0) is 12.3. The van der Waals surface area contributed by atoms with Crippen LogP contribution in [-0.2, 0) is 11.3 Å². The Morgan fingerprint density at radius 3 is 2.88 bits per heavy atom. The molecule has 0 aromatic heterocycles. The summed E-state index contributed by atoms with van der Waals surface area (Å²) in [5, 5.41) is 3.51. The number of nitrogens with one attached hydrogen (secondary N) is 1. The fraction of sp³-hybridized carbons (Fsp3) is 0.571. The monoisotopic (exact) mass is 237 g/mol. The lowest BCUT2D eigenvalue weighted by Crippen LogP contribution is -2.26. The first-order valence-corrected chi connectivity index (χ1v) is 6.20. The van der Waals surface area contributed by atoms with E-state index in [9.17, 15) is 4.39 Å². The Hall–Kier alpha value is -0.930. The average molecular weight is 237 g/mol. The van der Waals surface area contributed by atoms with Gasteiger partial charge in [0.2, 0.25) is 0 Å². The Labute approximate surface area is 102 Å². The van der Waals surface area contributed by atoms with Crippen LogP contribution in [0, 0.1) is 12.7 Å². The molecule has 1 aromatic rings. The van der Waals surface area contributed by atoms with Gasteiger partial charge in [-0.15, -0.1) is 0 Å². The maximum Gasteiger partial charge on any atom is 0.126 e. The van der Waals surface area contributed by atoms with Crippen LogP contribution in [0.3, 0.4) is 0 Å². The zero-order valence-electron chi connectivity index (χ0n) is 10.5. The molecule has 0 heterocycles. The molecule has 0 radical (unpaired) electrons. The summed E-state index contributed by atoms with van der Waals surface area (Å²) in [5.41, 5.74) is 1.86. The summed E-state index contributed by atoms with van der Waals surface area (Å²) < 4.78 is 18.4. The molecule has 2 rings (SSSR count). The van der Waals surface area contributed by atoms with Gasteiger partial charge in [-0.05, 0) is 43.4 Å². The van der Waals surface area contributed by atoms with Gasteiger partial charge in [0.05, 0.1) is 6.10 Å². The fourth-order valence-corrected chi connectivity index (χ4v) is 2.42. The smallest absolute Gasteiger partial charge is 0.126 e. The van der Waals surface area contributed by atoms with E-state index >= 15 is 0 Å². The van der Waals surface area contributed by atoms with Gasteiger partial charge in [0.15, 0.2) is 0 Å². The Morgan fingerprint density at radius 1 is 1.41 bits per heavy atom. The predicted octanol–water partition coefficient (Wildman–Crippen LogP) is 2.79. The standard InChI is InChI=1S/C14H20FNO/c1-10-7-11(3-6-14(10)15)9-16-12-4-5-13(8-12)17-2/h3,6-7,12-13,16H,4-5,8-9H2,1-2H3. The highest BCUT2D eigenvalue weighted by molar-refractivity contribution is 5.23. The van der Waals surface area contributed by atoms with Gasteiger partial charge in [0.25, 0.3) is 0 Å². The second kappa shape index (κ2) is 5.61. The van der Waals surface area contributed by atoms with Gasteiger partial charge in [-0.2, -0.15) is 0 Å². The van der Waals surface area contributed by atoms with Crippen LogP contribution in [-0.4, -0.2) is 19.3 Å². The van der Waals surface area contributed by atoms with E-state index in [4.69, 9.17) is 4.74 Å². The van der Waals surface area contributed by atoms with E-state index in [1.807, 2.05) is 12.1 Å². The molecule has 2 atom stereocenters. The van der Waals surface area contributed by atoms with Crippen molar-refractivity contribution in [3.05, 3.63) is 35.1 Å². The van der Waals surface area contributed by atoms with Crippen molar-refractivity contribution in [1.29, 1.82) is 0 Å². The van der Waals surface area contributed by atoms with Crippen molar-refractivity contribution < 1.29 is 9.13 Å². The van der Waals surface area contributed by atoms with Gasteiger partial charge < -0.3 is 10.1 Å². The first-order valence-electron chi connectivity index (χ1n) is 6.20. The molecule has 2 nitrogen and oxygen atoms in total.